The molecule has 0 rings (SSSR count). The number of amides is 1. The number of rotatable bonds is 12. The lowest BCUT2D eigenvalue weighted by Gasteiger charge is -2.11. The minimum atomic E-state index is -0.949. The Morgan fingerprint density at radius 3 is 2.47 bits per heavy atom. The van der Waals surface area contributed by atoms with E-state index in [0.29, 0.717) is 33.0 Å². The fourth-order valence-electron chi connectivity index (χ4n) is 1.38. The Balaban J connectivity index is 3.46. The van der Waals surface area contributed by atoms with Crippen LogP contribution < -0.4 is 10.6 Å². The molecule has 0 bridgehead atoms. The molecule has 0 aromatic heterocycles. The predicted molar refractivity (Wildman–Crippen MR) is 70.0 cm³/mol. The largest absolute Gasteiger partial charge is 0.480 e. The number of carboxylic acids is 1. The summed E-state index contributed by atoms with van der Waals surface area (Å²) in [7, 11) is 1.56. The summed E-state index contributed by atoms with van der Waals surface area (Å²) in [5.74, 6) is -1.12. The van der Waals surface area contributed by atoms with Crippen LogP contribution in [0, 0.1) is 0 Å². The Labute approximate surface area is 113 Å². The maximum atomic E-state index is 11.4. The van der Waals surface area contributed by atoms with Gasteiger partial charge in [0, 0.05) is 19.6 Å². The van der Waals surface area contributed by atoms with Crippen LogP contribution in [-0.2, 0) is 19.1 Å². The minimum absolute atomic E-state index is 0.171. The number of hydrogen-bond donors (Lipinski definition) is 3. The average molecular weight is 276 g/mol. The quantitative estimate of drug-likeness (QED) is 0.420. The molecule has 19 heavy (non-hydrogen) atoms. The summed E-state index contributed by atoms with van der Waals surface area (Å²) >= 11 is 0. The first-order chi connectivity index (χ1) is 9.11. The van der Waals surface area contributed by atoms with Gasteiger partial charge in [-0.1, -0.05) is 0 Å². The van der Waals surface area contributed by atoms with Crippen LogP contribution in [0.1, 0.15) is 19.8 Å². The second-order valence-electron chi connectivity index (χ2n) is 3.88. The molecule has 112 valence electrons. The summed E-state index contributed by atoms with van der Waals surface area (Å²) < 4.78 is 10.3. The predicted octanol–water partition coefficient (Wildman–Crippen LogP) is -0.391. The van der Waals surface area contributed by atoms with Crippen LogP contribution in [0.25, 0.3) is 0 Å². The van der Waals surface area contributed by atoms with E-state index in [4.69, 9.17) is 14.6 Å². The third kappa shape index (κ3) is 10.4. The van der Waals surface area contributed by atoms with Crippen molar-refractivity contribution in [1.82, 2.24) is 10.6 Å². The first-order valence-electron chi connectivity index (χ1n) is 6.44. The van der Waals surface area contributed by atoms with Gasteiger partial charge in [-0.05, 0) is 20.4 Å². The Morgan fingerprint density at radius 2 is 1.89 bits per heavy atom. The number of carbonyl (C=O) groups is 2. The first-order valence-corrected chi connectivity index (χ1v) is 6.44. The third-order valence-electron chi connectivity index (χ3n) is 2.45. The molecular formula is C12H24N2O5. The van der Waals surface area contributed by atoms with E-state index in [0.717, 1.165) is 0 Å². The average Bonchev–Trinajstić information content (AvgIpc) is 2.38. The van der Waals surface area contributed by atoms with E-state index >= 15 is 0 Å². The van der Waals surface area contributed by atoms with Crippen LogP contribution in [0.4, 0.5) is 0 Å². The van der Waals surface area contributed by atoms with Gasteiger partial charge in [0.25, 0.3) is 0 Å². The maximum Gasteiger partial charge on any atom is 0.320 e. The molecule has 0 fully saturated rings. The van der Waals surface area contributed by atoms with E-state index in [-0.39, 0.29) is 18.7 Å². The molecule has 7 heteroatoms. The number of aliphatic carboxylic acids is 1. The van der Waals surface area contributed by atoms with E-state index < -0.39 is 12.0 Å². The highest BCUT2D eigenvalue weighted by Crippen LogP contribution is 1.96. The number of nitrogens with one attached hydrogen (secondary N) is 2. The zero-order valence-electron chi connectivity index (χ0n) is 11.6. The second-order valence-corrected chi connectivity index (χ2v) is 3.88. The minimum Gasteiger partial charge on any atom is -0.480 e. The van der Waals surface area contributed by atoms with Gasteiger partial charge >= 0.3 is 5.97 Å². The Bertz CT molecular complexity index is 261. The second kappa shape index (κ2) is 11.9. The standard InChI is InChI=1S/C12H24N2O5/c1-3-18-8-9-19-7-6-14-11(15)5-4-10(13-2)12(16)17/h10,13H,3-9H2,1-2H3,(H,14,15)(H,16,17)/t10-/m0/s1. The molecule has 0 heterocycles. The molecule has 0 aliphatic heterocycles. The number of carboxylic acid groups (broad SMARTS) is 1. The third-order valence-corrected chi connectivity index (χ3v) is 2.45. The molecule has 1 amide bonds. The smallest absolute Gasteiger partial charge is 0.320 e. The molecule has 0 aromatic rings. The summed E-state index contributed by atoms with van der Waals surface area (Å²) in [6.45, 7) is 4.47. The molecule has 0 saturated heterocycles. The van der Waals surface area contributed by atoms with Crippen molar-refractivity contribution in [3.63, 3.8) is 0 Å². The van der Waals surface area contributed by atoms with Crippen molar-refractivity contribution in [1.29, 1.82) is 0 Å². The van der Waals surface area contributed by atoms with Gasteiger partial charge in [-0.3, -0.25) is 9.59 Å². The van der Waals surface area contributed by atoms with Gasteiger partial charge in [0.05, 0.1) is 19.8 Å². The van der Waals surface area contributed by atoms with Crippen molar-refractivity contribution >= 4 is 11.9 Å². The van der Waals surface area contributed by atoms with Crippen LogP contribution in [0.3, 0.4) is 0 Å². The number of hydrogen-bond acceptors (Lipinski definition) is 5. The van der Waals surface area contributed by atoms with Crippen LogP contribution in [0.5, 0.6) is 0 Å². The summed E-state index contributed by atoms with van der Waals surface area (Å²) in [5.41, 5.74) is 0. The van der Waals surface area contributed by atoms with E-state index in [9.17, 15) is 9.59 Å². The van der Waals surface area contributed by atoms with Gasteiger partial charge in [-0.15, -0.1) is 0 Å². The topological polar surface area (TPSA) is 96.9 Å². The lowest BCUT2D eigenvalue weighted by Crippen LogP contribution is -2.36. The Kier molecular flexibility index (Phi) is 11.1. The lowest BCUT2D eigenvalue weighted by atomic mass is 10.1. The van der Waals surface area contributed by atoms with Gasteiger partial charge in [0.15, 0.2) is 0 Å². The van der Waals surface area contributed by atoms with Gasteiger partial charge in [-0.25, -0.2) is 0 Å². The zero-order chi connectivity index (χ0) is 14.5. The molecule has 0 radical (unpaired) electrons. The van der Waals surface area contributed by atoms with Gasteiger partial charge < -0.3 is 25.2 Å². The maximum absolute atomic E-state index is 11.4. The van der Waals surface area contributed by atoms with Crippen LogP contribution in [0.15, 0.2) is 0 Å². The van der Waals surface area contributed by atoms with Crippen LogP contribution in [-0.4, -0.2) is 63.0 Å². The first kappa shape index (κ1) is 17.8. The number of ether oxygens (including phenoxy) is 2. The number of likely N-dealkylation sites (N-methyl/N-ethyl adjacent to an activating group) is 1. The highest BCUT2D eigenvalue weighted by atomic mass is 16.5. The van der Waals surface area contributed by atoms with Crippen LogP contribution >= 0.6 is 0 Å². The highest BCUT2D eigenvalue weighted by Gasteiger charge is 2.15. The van der Waals surface area contributed by atoms with Crippen molar-refractivity contribution in [3.8, 4) is 0 Å². The monoisotopic (exact) mass is 276 g/mol. The molecule has 0 aliphatic rings. The fraction of sp³-hybridized carbons (Fsp3) is 0.833. The van der Waals surface area contributed by atoms with E-state index in [1.54, 1.807) is 7.05 Å². The van der Waals surface area contributed by atoms with Crippen molar-refractivity contribution in [2.45, 2.75) is 25.8 Å². The van der Waals surface area contributed by atoms with Crippen LogP contribution in [0.2, 0.25) is 0 Å². The SMILES string of the molecule is CCOCCOCCNC(=O)CC[C@H](NC)C(=O)O. The zero-order valence-corrected chi connectivity index (χ0v) is 11.6. The van der Waals surface area contributed by atoms with Gasteiger partial charge in [-0.2, -0.15) is 0 Å². The molecule has 0 unspecified atom stereocenters. The van der Waals surface area contributed by atoms with E-state index in [1.807, 2.05) is 6.92 Å². The van der Waals surface area contributed by atoms with Crippen molar-refractivity contribution in [2.75, 3.05) is 40.0 Å². The Morgan fingerprint density at radius 1 is 1.21 bits per heavy atom. The van der Waals surface area contributed by atoms with Crippen molar-refractivity contribution < 1.29 is 24.2 Å². The Hall–Kier alpha value is -1.18. The summed E-state index contributed by atoms with van der Waals surface area (Å²) in [4.78, 5) is 22.1. The van der Waals surface area contributed by atoms with Crippen molar-refractivity contribution in [3.05, 3.63) is 0 Å². The molecule has 0 aliphatic carbocycles. The number of carbonyl (C=O) groups excluding carboxylic acids is 1. The molecule has 1 atom stereocenters. The summed E-state index contributed by atoms with van der Waals surface area (Å²) in [5, 5.41) is 14.1. The van der Waals surface area contributed by atoms with E-state index in [2.05, 4.69) is 10.6 Å². The molecule has 0 saturated carbocycles. The summed E-state index contributed by atoms with van der Waals surface area (Å²) in [6.07, 6.45) is 0.444. The van der Waals surface area contributed by atoms with Gasteiger partial charge in [0.1, 0.15) is 6.04 Å². The molecular weight excluding hydrogens is 252 g/mol. The van der Waals surface area contributed by atoms with Crippen molar-refractivity contribution in [2.24, 2.45) is 0 Å². The molecule has 0 spiro atoms. The van der Waals surface area contributed by atoms with Gasteiger partial charge in [0.2, 0.25) is 5.91 Å². The normalized spacial score (nSPS) is 12.1. The van der Waals surface area contributed by atoms with E-state index in [1.165, 1.54) is 0 Å². The molecule has 0 aromatic carbocycles. The molecule has 7 nitrogen and oxygen atoms in total. The molecule has 3 N–H and O–H groups in total. The lowest BCUT2D eigenvalue weighted by molar-refractivity contribution is -0.139. The summed E-state index contributed by atoms with van der Waals surface area (Å²) in [6, 6.07) is -0.687. The highest BCUT2D eigenvalue weighted by molar-refractivity contribution is 5.78. The fourth-order valence-corrected chi connectivity index (χ4v) is 1.38.